The molecule has 1 saturated heterocycles. The van der Waals surface area contributed by atoms with Crippen LogP contribution in [0.3, 0.4) is 0 Å². The molecule has 0 aliphatic carbocycles. The van der Waals surface area contributed by atoms with Gasteiger partial charge in [-0.05, 0) is 13.8 Å². The minimum absolute atomic E-state index is 0.238. The fraction of sp³-hybridized carbons (Fsp3) is 0.692. The van der Waals surface area contributed by atoms with Crippen LogP contribution in [0.25, 0.3) is 0 Å². The van der Waals surface area contributed by atoms with Crippen LogP contribution in [0.15, 0.2) is 6.07 Å². The highest BCUT2D eigenvalue weighted by molar-refractivity contribution is 9.09. The quantitative estimate of drug-likeness (QED) is 0.803. The third-order valence-electron chi connectivity index (χ3n) is 3.18. The number of hydrogen-bond acceptors (Lipinski definition) is 4. The van der Waals surface area contributed by atoms with Gasteiger partial charge in [0.15, 0.2) is 0 Å². The van der Waals surface area contributed by atoms with E-state index in [1.54, 1.807) is 0 Å². The van der Waals surface area contributed by atoms with E-state index in [1.165, 1.54) is 0 Å². The van der Waals surface area contributed by atoms with Crippen molar-refractivity contribution in [1.82, 2.24) is 9.97 Å². The van der Waals surface area contributed by atoms with Gasteiger partial charge in [-0.25, -0.2) is 9.97 Å². The van der Waals surface area contributed by atoms with E-state index in [4.69, 9.17) is 4.74 Å². The van der Waals surface area contributed by atoms with Crippen molar-refractivity contribution in [2.75, 3.05) is 23.4 Å². The molecule has 18 heavy (non-hydrogen) atoms. The maximum absolute atomic E-state index is 5.75. The molecular weight excluding hydrogens is 294 g/mol. The first-order valence-corrected chi connectivity index (χ1v) is 7.55. The normalized spacial score (nSPS) is 24.3. The summed E-state index contributed by atoms with van der Waals surface area (Å²) in [6, 6.07) is 2.42. The monoisotopic (exact) mass is 313 g/mol. The molecular formula is C13H20BrN3O. The zero-order chi connectivity index (χ0) is 13.1. The molecule has 0 radical (unpaired) electrons. The topological polar surface area (TPSA) is 38.2 Å². The molecule has 1 aromatic heterocycles. The van der Waals surface area contributed by atoms with Crippen LogP contribution in [-0.2, 0) is 11.2 Å². The number of anilines is 1. The Kier molecular flexibility index (Phi) is 4.56. The van der Waals surface area contributed by atoms with Crippen LogP contribution >= 0.6 is 15.9 Å². The lowest BCUT2D eigenvalue weighted by Gasteiger charge is -2.38. The molecule has 1 aliphatic heterocycles. The Bertz CT molecular complexity index is 413. The van der Waals surface area contributed by atoms with Crippen molar-refractivity contribution in [3.05, 3.63) is 17.6 Å². The molecule has 1 fully saturated rings. The van der Waals surface area contributed by atoms with Crippen LogP contribution in [0.4, 0.5) is 5.82 Å². The molecule has 4 nitrogen and oxygen atoms in total. The van der Waals surface area contributed by atoms with Gasteiger partial charge in [-0.3, -0.25) is 0 Å². The van der Waals surface area contributed by atoms with Gasteiger partial charge in [-0.15, -0.1) is 0 Å². The second kappa shape index (κ2) is 5.97. The third kappa shape index (κ3) is 3.01. The van der Waals surface area contributed by atoms with E-state index in [0.717, 1.165) is 42.2 Å². The van der Waals surface area contributed by atoms with Crippen LogP contribution in [-0.4, -0.2) is 40.6 Å². The highest BCUT2D eigenvalue weighted by Gasteiger charge is 2.26. The highest BCUT2D eigenvalue weighted by atomic mass is 79.9. The minimum Gasteiger partial charge on any atom is -0.373 e. The molecule has 2 atom stereocenters. The van der Waals surface area contributed by atoms with Crippen molar-refractivity contribution in [3.8, 4) is 0 Å². The molecule has 0 saturated carbocycles. The van der Waals surface area contributed by atoms with Crippen LogP contribution in [0, 0.1) is 6.92 Å². The fourth-order valence-corrected chi connectivity index (χ4v) is 2.54. The Morgan fingerprint density at radius 3 is 2.94 bits per heavy atom. The smallest absolute Gasteiger partial charge is 0.132 e. The lowest BCUT2D eigenvalue weighted by molar-refractivity contribution is 0.0376. The van der Waals surface area contributed by atoms with E-state index < -0.39 is 0 Å². The molecule has 100 valence electrons. The highest BCUT2D eigenvalue weighted by Crippen LogP contribution is 2.21. The fourth-order valence-electron chi connectivity index (χ4n) is 2.15. The summed E-state index contributed by atoms with van der Waals surface area (Å²) < 4.78 is 5.75. The van der Waals surface area contributed by atoms with Crippen molar-refractivity contribution in [1.29, 1.82) is 0 Å². The van der Waals surface area contributed by atoms with E-state index in [-0.39, 0.29) is 6.10 Å². The lowest BCUT2D eigenvalue weighted by atomic mass is 10.2. The van der Waals surface area contributed by atoms with Crippen LogP contribution < -0.4 is 4.90 Å². The number of nitrogens with zero attached hydrogens (tertiary/aromatic N) is 3. The first kappa shape index (κ1) is 13.7. The standard InChI is InChI=1S/C13H20BrN3O/c1-4-12-15-9(2)5-13(16-12)17-7-11(6-14)18-8-10(17)3/h5,10-11H,4,6-8H2,1-3H3. The Labute approximate surface area is 117 Å². The molecule has 5 heteroatoms. The molecule has 0 aromatic carbocycles. The summed E-state index contributed by atoms with van der Waals surface area (Å²) in [6.07, 6.45) is 1.11. The van der Waals surface area contributed by atoms with E-state index in [1.807, 2.05) is 6.92 Å². The van der Waals surface area contributed by atoms with Gasteiger partial charge in [0.25, 0.3) is 0 Å². The lowest BCUT2D eigenvalue weighted by Crippen LogP contribution is -2.49. The summed E-state index contributed by atoms with van der Waals surface area (Å²) in [6.45, 7) is 7.92. The third-order valence-corrected chi connectivity index (χ3v) is 3.90. The van der Waals surface area contributed by atoms with Gasteiger partial charge in [-0.1, -0.05) is 22.9 Å². The van der Waals surface area contributed by atoms with Gasteiger partial charge in [0, 0.05) is 30.1 Å². The molecule has 0 amide bonds. The van der Waals surface area contributed by atoms with Gasteiger partial charge in [0.2, 0.25) is 0 Å². The average Bonchev–Trinajstić information content (AvgIpc) is 2.38. The molecule has 2 rings (SSSR count). The summed E-state index contributed by atoms with van der Waals surface area (Å²) >= 11 is 3.49. The van der Waals surface area contributed by atoms with Gasteiger partial charge in [0.05, 0.1) is 18.8 Å². The largest absolute Gasteiger partial charge is 0.373 e. The Morgan fingerprint density at radius 1 is 1.50 bits per heavy atom. The molecule has 0 spiro atoms. The summed E-state index contributed by atoms with van der Waals surface area (Å²) in [4.78, 5) is 11.4. The maximum atomic E-state index is 5.75. The Hall–Kier alpha value is -0.680. The number of morpholine rings is 1. The predicted molar refractivity (Wildman–Crippen MR) is 76.5 cm³/mol. The van der Waals surface area contributed by atoms with Crippen molar-refractivity contribution >= 4 is 21.7 Å². The average molecular weight is 314 g/mol. The van der Waals surface area contributed by atoms with E-state index in [2.05, 4.69) is 50.7 Å². The zero-order valence-electron chi connectivity index (χ0n) is 11.2. The Balaban J connectivity index is 2.25. The molecule has 1 aromatic rings. The molecule has 1 aliphatic rings. The van der Waals surface area contributed by atoms with Crippen molar-refractivity contribution in [2.45, 2.75) is 39.3 Å². The number of halogens is 1. The van der Waals surface area contributed by atoms with Crippen molar-refractivity contribution in [2.24, 2.45) is 0 Å². The van der Waals surface area contributed by atoms with E-state index >= 15 is 0 Å². The van der Waals surface area contributed by atoms with Crippen LogP contribution in [0.5, 0.6) is 0 Å². The number of hydrogen-bond donors (Lipinski definition) is 0. The Morgan fingerprint density at radius 2 is 2.28 bits per heavy atom. The van der Waals surface area contributed by atoms with Gasteiger partial charge < -0.3 is 9.64 Å². The number of ether oxygens (including phenoxy) is 1. The molecule has 2 heterocycles. The van der Waals surface area contributed by atoms with Gasteiger partial charge >= 0.3 is 0 Å². The summed E-state index contributed by atoms with van der Waals surface area (Å²) in [5, 5.41) is 0.862. The van der Waals surface area contributed by atoms with Crippen molar-refractivity contribution < 1.29 is 4.74 Å². The molecule has 2 unspecified atom stereocenters. The summed E-state index contributed by atoms with van der Waals surface area (Å²) in [5.74, 6) is 1.94. The van der Waals surface area contributed by atoms with E-state index in [0.29, 0.717) is 6.04 Å². The number of alkyl halides is 1. The SMILES string of the molecule is CCc1nc(C)cc(N2CC(CBr)OCC2C)n1. The van der Waals surface area contributed by atoms with Gasteiger partial charge in [-0.2, -0.15) is 0 Å². The second-order valence-corrected chi connectivity index (χ2v) is 5.40. The molecule has 0 N–H and O–H groups in total. The predicted octanol–water partition coefficient (Wildman–Crippen LogP) is 2.34. The first-order valence-electron chi connectivity index (χ1n) is 6.42. The first-order chi connectivity index (χ1) is 8.63. The zero-order valence-corrected chi connectivity index (χ0v) is 12.8. The number of aryl methyl sites for hydroxylation is 2. The molecule has 0 bridgehead atoms. The van der Waals surface area contributed by atoms with Crippen molar-refractivity contribution in [3.63, 3.8) is 0 Å². The minimum atomic E-state index is 0.238. The van der Waals surface area contributed by atoms with Crippen LogP contribution in [0.1, 0.15) is 25.4 Å². The number of rotatable bonds is 3. The van der Waals surface area contributed by atoms with E-state index in [9.17, 15) is 0 Å². The summed E-state index contributed by atoms with van der Waals surface area (Å²) in [7, 11) is 0. The second-order valence-electron chi connectivity index (χ2n) is 4.75. The maximum Gasteiger partial charge on any atom is 0.132 e. The number of aromatic nitrogens is 2. The van der Waals surface area contributed by atoms with Crippen LogP contribution in [0.2, 0.25) is 0 Å². The summed E-state index contributed by atoms with van der Waals surface area (Å²) in [5.41, 5.74) is 1.03. The van der Waals surface area contributed by atoms with Gasteiger partial charge in [0.1, 0.15) is 11.6 Å².